The largest absolute Gasteiger partial charge is 0.508 e. The number of oxime groups is 2. The summed E-state index contributed by atoms with van der Waals surface area (Å²) < 4.78 is 109. The summed E-state index contributed by atoms with van der Waals surface area (Å²) in [5.41, 5.74) is 9.58. The van der Waals surface area contributed by atoms with Crippen LogP contribution in [-0.4, -0.2) is 37.3 Å². The Kier molecular flexibility index (Phi) is 11.5. The van der Waals surface area contributed by atoms with E-state index < -0.39 is 52.3 Å². The first-order valence-corrected chi connectivity index (χ1v) is 15.8. The van der Waals surface area contributed by atoms with Crippen LogP contribution >= 0.6 is 0 Å². The molecule has 0 saturated heterocycles. The predicted molar refractivity (Wildman–Crippen MR) is 191 cm³/mol. The summed E-state index contributed by atoms with van der Waals surface area (Å²) >= 11 is 0. The lowest BCUT2D eigenvalue weighted by Gasteiger charge is -2.19. The smallest absolute Gasteiger partial charge is 0.416 e. The Bertz CT molecular complexity index is 2420. The van der Waals surface area contributed by atoms with Gasteiger partial charge in [-0.3, -0.25) is 4.98 Å². The highest BCUT2D eigenvalue weighted by Crippen LogP contribution is 2.43. The first-order chi connectivity index (χ1) is 26.4. The van der Waals surface area contributed by atoms with Crippen molar-refractivity contribution >= 4 is 11.7 Å². The van der Waals surface area contributed by atoms with Gasteiger partial charge >= 0.3 is 12.4 Å². The van der Waals surface area contributed by atoms with Crippen LogP contribution in [0.1, 0.15) is 22.3 Å². The van der Waals surface area contributed by atoms with Crippen LogP contribution in [0.4, 0.5) is 35.1 Å². The summed E-state index contributed by atoms with van der Waals surface area (Å²) in [7, 11) is 0. The van der Waals surface area contributed by atoms with E-state index in [1.54, 1.807) is 12.1 Å². The molecule has 6 aromatic rings. The maximum atomic E-state index is 14.5. The van der Waals surface area contributed by atoms with Crippen molar-refractivity contribution < 1.29 is 55.8 Å². The topological polar surface area (TPSA) is 171 Å². The molecule has 1 aromatic heterocycles. The van der Waals surface area contributed by atoms with Gasteiger partial charge in [0, 0.05) is 45.8 Å². The third-order valence-corrected chi connectivity index (χ3v) is 8.20. The highest BCUT2D eigenvalue weighted by Gasteiger charge is 2.35. The SMILES string of the molecule is NC(=NO)c1cc(C(F)(F)F)cc(-c2ccc(O)cc2)c1-c1cc(F)ccc1F.NC(=NO)c1cc(C(F)(F)F)cc(-c2ccc(O)cc2)c1-c1cccnc1. The van der Waals surface area contributed by atoms with E-state index in [1.165, 1.54) is 60.9 Å². The number of pyridine rings is 1. The van der Waals surface area contributed by atoms with E-state index in [1.807, 2.05) is 0 Å². The van der Waals surface area contributed by atoms with Gasteiger partial charge in [-0.2, -0.15) is 26.3 Å². The van der Waals surface area contributed by atoms with Gasteiger partial charge in [0.15, 0.2) is 11.7 Å². The van der Waals surface area contributed by atoms with Crippen molar-refractivity contribution in [3.8, 4) is 56.0 Å². The molecule has 56 heavy (non-hydrogen) atoms. The lowest BCUT2D eigenvalue weighted by Crippen LogP contribution is -2.17. The second-order valence-electron chi connectivity index (χ2n) is 11.8. The van der Waals surface area contributed by atoms with E-state index in [2.05, 4.69) is 15.3 Å². The number of halogens is 8. The quantitative estimate of drug-likeness (QED) is 0.0322. The van der Waals surface area contributed by atoms with E-state index >= 15 is 0 Å². The van der Waals surface area contributed by atoms with Crippen molar-refractivity contribution in [3.63, 3.8) is 0 Å². The van der Waals surface area contributed by atoms with Gasteiger partial charge in [0.05, 0.1) is 11.1 Å². The van der Waals surface area contributed by atoms with Gasteiger partial charge < -0.3 is 32.1 Å². The summed E-state index contributed by atoms with van der Waals surface area (Å²) in [5.74, 6) is -3.09. The van der Waals surface area contributed by atoms with Gasteiger partial charge in [-0.15, -0.1) is 0 Å². The normalized spacial score (nSPS) is 12.2. The molecule has 0 spiro atoms. The van der Waals surface area contributed by atoms with E-state index in [-0.39, 0.29) is 44.9 Å². The molecule has 0 amide bonds. The molecule has 1 heterocycles. The summed E-state index contributed by atoms with van der Waals surface area (Å²) in [6, 6.07) is 19.7. The Morgan fingerprint density at radius 3 is 1.45 bits per heavy atom. The number of hydrogen-bond donors (Lipinski definition) is 6. The number of nitrogens with two attached hydrogens (primary N) is 2. The van der Waals surface area contributed by atoms with Gasteiger partial charge in [0.1, 0.15) is 23.1 Å². The fourth-order valence-corrected chi connectivity index (χ4v) is 5.66. The number of nitrogens with zero attached hydrogens (tertiary/aromatic N) is 3. The molecule has 0 atom stereocenters. The summed E-state index contributed by atoms with van der Waals surface area (Å²) in [6.45, 7) is 0. The van der Waals surface area contributed by atoms with Crippen LogP contribution in [0.3, 0.4) is 0 Å². The van der Waals surface area contributed by atoms with Crippen molar-refractivity contribution in [1.29, 1.82) is 0 Å². The third kappa shape index (κ3) is 8.78. The lowest BCUT2D eigenvalue weighted by molar-refractivity contribution is -0.138. The number of phenols is 2. The molecule has 8 N–H and O–H groups in total. The van der Waals surface area contributed by atoms with Crippen LogP contribution in [0.15, 0.2) is 126 Å². The van der Waals surface area contributed by atoms with Crippen LogP contribution in [0.25, 0.3) is 44.5 Å². The minimum atomic E-state index is -4.80. The zero-order valence-corrected chi connectivity index (χ0v) is 28.3. The molecule has 0 unspecified atom stereocenters. The molecule has 6 rings (SSSR count). The molecule has 0 aliphatic rings. The third-order valence-electron chi connectivity index (χ3n) is 8.20. The van der Waals surface area contributed by atoms with Gasteiger partial charge in [0.25, 0.3) is 0 Å². The highest BCUT2D eigenvalue weighted by atomic mass is 19.4. The number of phenolic OH excluding ortho intramolecular Hbond substituents is 2. The lowest BCUT2D eigenvalue weighted by atomic mass is 9.87. The number of amidine groups is 2. The van der Waals surface area contributed by atoms with Crippen LogP contribution < -0.4 is 11.5 Å². The monoisotopic (exact) mass is 781 g/mol. The van der Waals surface area contributed by atoms with E-state index in [4.69, 9.17) is 21.9 Å². The number of rotatable bonds is 6. The van der Waals surface area contributed by atoms with Gasteiger partial charge in [-0.25, -0.2) is 8.78 Å². The number of aromatic hydroxyl groups is 2. The van der Waals surface area contributed by atoms with E-state index in [0.29, 0.717) is 22.8 Å². The molecular weight excluding hydrogens is 754 g/mol. The van der Waals surface area contributed by atoms with Crippen LogP contribution in [0.2, 0.25) is 0 Å². The molecule has 0 bridgehead atoms. The van der Waals surface area contributed by atoms with Crippen molar-refractivity contribution in [3.05, 3.63) is 149 Å². The van der Waals surface area contributed by atoms with Crippen LogP contribution in [0, 0.1) is 11.6 Å². The second-order valence-corrected chi connectivity index (χ2v) is 11.8. The van der Waals surface area contributed by atoms with Crippen LogP contribution in [0.5, 0.6) is 11.5 Å². The molecule has 288 valence electrons. The molecule has 0 fully saturated rings. The zero-order chi connectivity index (χ0) is 40.9. The van der Waals surface area contributed by atoms with Crippen molar-refractivity contribution in [2.75, 3.05) is 0 Å². The predicted octanol–water partition coefficient (Wildman–Crippen LogP) is 9.35. The maximum absolute atomic E-state index is 14.5. The standard InChI is InChI=1S/C20H13F5N2O2.C19H14F3N3O2/c21-12-3-6-17(22)15(9-12)18-14(10-1-4-13(28)5-2-10)7-11(20(23,24)25)8-16(18)19(26)27-29;20-19(21,22)13-8-15(11-3-5-14(26)6-4-11)17(12-2-1-7-24-10-12)16(9-13)18(23)25-27/h1-9,28-29H,(H2,26,27);1-10,26-27H,(H2,23,25). The second kappa shape index (κ2) is 16.1. The minimum Gasteiger partial charge on any atom is -0.508 e. The summed E-state index contributed by atoms with van der Waals surface area (Å²) in [6.07, 6.45) is -6.43. The maximum Gasteiger partial charge on any atom is 0.416 e. The van der Waals surface area contributed by atoms with Crippen molar-refractivity contribution in [1.82, 2.24) is 4.98 Å². The average molecular weight is 782 g/mol. The molecule has 17 heteroatoms. The fraction of sp³-hybridized carbons (Fsp3) is 0.0513. The number of alkyl halides is 6. The Morgan fingerprint density at radius 1 is 0.554 bits per heavy atom. The number of aromatic nitrogens is 1. The van der Waals surface area contributed by atoms with Crippen molar-refractivity contribution in [2.45, 2.75) is 12.4 Å². The first kappa shape index (κ1) is 40.0. The Labute approximate surface area is 311 Å². The number of hydrogen-bond acceptors (Lipinski definition) is 7. The van der Waals surface area contributed by atoms with Gasteiger partial charge in [-0.1, -0.05) is 40.6 Å². The molecule has 5 aromatic carbocycles. The van der Waals surface area contributed by atoms with E-state index in [9.17, 15) is 45.3 Å². The zero-order valence-electron chi connectivity index (χ0n) is 28.3. The highest BCUT2D eigenvalue weighted by molar-refractivity contribution is 6.08. The Hall–Kier alpha value is -7.17. The molecule has 0 aliphatic carbocycles. The minimum absolute atomic E-state index is 0.0229. The average Bonchev–Trinajstić information content (AvgIpc) is 3.17. The molecule has 0 radical (unpaired) electrons. The van der Waals surface area contributed by atoms with Crippen molar-refractivity contribution in [2.24, 2.45) is 21.8 Å². The number of benzene rings is 5. The molecule has 9 nitrogen and oxygen atoms in total. The molecule has 0 aliphatic heterocycles. The molecule has 0 saturated carbocycles. The summed E-state index contributed by atoms with van der Waals surface area (Å²) in [4.78, 5) is 4.00. The molecular formula is C39H27F8N5O4. The fourth-order valence-electron chi connectivity index (χ4n) is 5.66. The first-order valence-electron chi connectivity index (χ1n) is 15.8. The van der Waals surface area contributed by atoms with E-state index in [0.717, 1.165) is 36.4 Å². The van der Waals surface area contributed by atoms with Gasteiger partial charge in [0.2, 0.25) is 0 Å². The Morgan fingerprint density at radius 2 is 1.02 bits per heavy atom. The van der Waals surface area contributed by atoms with Crippen LogP contribution in [-0.2, 0) is 12.4 Å². The Balaban J connectivity index is 0.000000215. The summed E-state index contributed by atoms with van der Waals surface area (Å²) in [5, 5.41) is 42.7. The van der Waals surface area contributed by atoms with Gasteiger partial charge in [-0.05, 0) is 95.1 Å².